The van der Waals surface area contributed by atoms with E-state index in [0.717, 1.165) is 11.8 Å². The second-order valence-corrected chi connectivity index (χ2v) is 5.46. The van der Waals surface area contributed by atoms with Gasteiger partial charge in [-0.15, -0.1) is 0 Å². The van der Waals surface area contributed by atoms with Crippen molar-refractivity contribution in [1.82, 2.24) is 0 Å². The fraction of sp³-hybridized carbons (Fsp3) is 0.600. The predicted octanol–water partition coefficient (Wildman–Crippen LogP) is 4.38. The lowest BCUT2D eigenvalue weighted by Crippen LogP contribution is -2.01. The Morgan fingerprint density at radius 2 is 1.87 bits per heavy atom. The summed E-state index contributed by atoms with van der Waals surface area (Å²) in [6, 6.07) is 4.58. The molecule has 0 bridgehead atoms. The number of benzene rings is 1. The van der Waals surface area contributed by atoms with Crippen LogP contribution in [0.1, 0.15) is 54.9 Å². The van der Waals surface area contributed by atoms with Gasteiger partial charge in [-0.3, -0.25) is 0 Å². The van der Waals surface area contributed by atoms with Crippen molar-refractivity contribution < 1.29 is 0 Å². The fourth-order valence-electron chi connectivity index (χ4n) is 3.06. The molecule has 1 aromatic carbocycles. The molecule has 0 heteroatoms. The summed E-state index contributed by atoms with van der Waals surface area (Å²) in [5, 5.41) is 0. The Kier molecular flexibility index (Phi) is 2.86. The summed E-state index contributed by atoms with van der Waals surface area (Å²) < 4.78 is 0. The van der Waals surface area contributed by atoms with E-state index < -0.39 is 0 Å². The van der Waals surface area contributed by atoms with E-state index in [9.17, 15) is 0 Å². The number of fused-ring (bicyclic) bond motifs is 1. The van der Waals surface area contributed by atoms with Crippen molar-refractivity contribution in [1.29, 1.82) is 0 Å². The van der Waals surface area contributed by atoms with Crippen molar-refractivity contribution in [3.05, 3.63) is 34.4 Å². The smallest absolute Gasteiger partial charge is 0.0151 e. The predicted molar refractivity (Wildman–Crippen MR) is 66.4 cm³/mol. The van der Waals surface area contributed by atoms with Gasteiger partial charge in [-0.05, 0) is 67.2 Å². The van der Waals surface area contributed by atoms with Gasteiger partial charge in [0, 0.05) is 0 Å². The van der Waals surface area contributed by atoms with Crippen LogP contribution in [0, 0.1) is 19.8 Å². The van der Waals surface area contributed by atoms with Crippen molar-refractivity contribution in [3.8, 4) is 0 Å². The minimum Gasteiger partial charge on any atom is -0.0628 e. The van der Waals surface area contributed by atoms with Crippen LogP contribution in [0.5, 0.6) is 0 Å². The highest BCUT2D eigenvalue weighted by Crippen LogP contribution is 2.40. The van der Waals surface area contributed by atoms with Crippen LogP contribution >= 0.6 is 0 Å². The Bertz CT molecular complexity index is 361. The van der Waals surface area contributed by atoms with Crippen LogP contribution in [0.3, 0.4) is 0 Å². The van der Waals surface area contributed by atoms with Gasteiger partial charge >= 0.3 is 0 Å². The molecule has 1 aliphatic carbocycles. The summed E-state index contributed by atoms with van der Waals surface area (Å²) in [5.41, 5.74) is 6.35. The molecule has 0 spiro atoms. The number of rotatable bonds is 2. The molecule has 15 heavy (non-hydrogen) atoms. The summed E-state index contributed by atoms with van der Waals surface area (Å²) in [5.74, 6) is 1.65. The first-order valence-corrected chi connectivity index (χ1v) is 6.18. The normalized spacial score (nSPS) is 19.7. The molecule has 0 aromatic heterocycles. The first-order chi connectivity index (χ1) is 7.09. The van der Waals surface area contributed by atoms with E-state index >= 15 is 0 Å². The average molecular weight is 202 g/mol. The van der Waals surface area contributed by atoms with Crippen LogP contribution < -0.4 is 0 Å². The Balaban J connectivity index is 2.37. The highest BCUT2D eigenvalue weighted by atomic mass is 14.3. The van der Waals surface area contributed by atoms with Crippen molar-refractivity contribution in [2.75, 3.05) is 0 Å². The molecule has 0 saturated carbocycles. The van der Waals surface area contributed by atoms with Crippen LogP contribution in [0.4, 0.5) is 0 Å². The summed E-state index contributed by atoms with van der Waals surface area (Å²) >= 11 is 0. The van der Waals surface area contributed by atoms with Crippen molar-refractivity contribution in [2.24, 2.45) is 5.92 Å². The second-order valence-electron chi connectivity index (χ2n) is 5.46. The van der Waals surface area contributed by atoms with Crippen molar-refractivity contribution in [2.45, 2.75) is 52.9 Å². The van der Waals surface area contributed by atoms with Crippen LogP contribution in [-0.2, 0) is 6.42 Å². The first kappa shape index (κ1) is 10.7. The summed E-state index contributed by atoms with van der Waals surface area (Å²) in [6.07, 6.45) is 4.04. The third-order valence-electron chi connectivity index (χ3n) is 3.72. The van der Waals surface area contributed by atoms with Gasteiger partial charge in [0.25, 0.3) is 0 Å². The van der Waals surface area contributed by atoms with E-state index in [-0.39, 0.29) is 0 Å². The zero-order valence-corrected chi connectivity index (χ0v) is 10.4. The molecule has 1 atom stereocenters. The van der Waals surface area contributed by atoms with Gasteiger partial charge in [0.1, 0.15) is 0 Å². The molecular weight excluding hydrogens is 180 g/mol. The molecule has 0 nitrogen and oxygen atoms in total. The van der Waals surface area contributed by atoms with Gasteiger partial charge in [-0.2, -0.15) is 0 Å². The van der Waals surface area contributed by atoms with Gasteiger partial charge in [0.05, 0.1) is 0 Å². The van der Waals surface area contributed by atoms with Crippen LogP contribution in [0.2, 0.25) is 0 Å². The minimum absolute atomic E-state index is 0.820. The molecule has 0 aliphatic heterocycles. The summed E-state index contributed by atoms with van der Waals surface area (Å²) in [7, 11) is 0. The molecule has 82 valence electrons. The first-order valence-electron chi connectivity index (χ1n) is 6.18. The molecule has 0 radical (unpaired) electrons. The minimum atomic E-state index is 0.820. The Morgan fingerprint density at radius 3 is 2.53 bits per heavy atom. The van der Waals surface area contributed by atoms with Gasteiger partial charge in [-0.1, -0.05) is 26.0 Å². The van der Waals surface area contributed by atoms with E-state index in [0.29, 0.717) is 0 Å². The number of hydrogen-bond acceptors (Lipinski definition) is 0. The fourth-order valence-corrected chi connectivity index (χ4v) is 3.06. The lowest BCUT2D eigenvalue weighted by atomic mass is 9.88. The van der Waals surface area contributed by atoms with Crippen LogP contribution in [0.25, 0.3) is 0 Å². The monoisotopic (exact) mass is 202 g/mol. The van der Waals surface area contributed by atoms with Gasteiger partial charge in [-0.25, -0.2) is 0 Å². The molecule has 1 aromatic rings. The Labute approximate surface area is 93.7 Å². The summed E-state index contributed by atoms with van der Waals surface area (Å²) in [4.78, 5) is 0. The highest BCUT2D eigenvalue weighted by Gasteiger charge is 2.25. The second kappa shape index (κ2) is 4.00. The number of hydrogen-bond donors (Lipinski definition) is 0. The standard InChI is InChI=1S/C15H22/c1-10(2)9-13-7-8-14-11(3)5-6-12(4)15(13)14/h5-6,10,13H,7-9H2,1-4H3. The topological polar surface area (TPSA) is 0 Å². The van der Waals surface area contributed by atoms with Crippen molar-refractivity contribution >= 4 is 0 Å². The maximum Gasteiger partial charge on any atom is -0.0151 e. The maximum atomic E-state index is 2.34. The zero-order valence-electron chi connectivity index (χ0n) is 10.4. The molecule has 1 unspecified atom stereocenters. The Morgan fingerprint density at radius 1 is 1.20 bits per heavy atom. The molecule has 0 heterocycles. The van der Waals surface area contributed by atoms with Crippen molar-refractivity contribution in [3.63, 3.8) is 0 Å². The maximum absolute atomic E-state index is 2.34. The lowest BCUT2D eigenvalue weighted by molar-refractivity contribution is 0.496. The number of aryl methyl sites for hydroxylation is 2. The molecule has 0 amide bonds. The average Bonchev–Trinajstić information content (AvgIpc) is 2.56. The third-order valence-corrected chi connectivity index (χ3v) is 3.72. The molecule has 1 aliphatic rings. The summed E-state index contributed by atoms with van der Waals surface area (Å²) in [6.45, 7) is 9.21. The largest absolute Gasteiger partial charge is 0.0628 e. The van der Waals surface area contributed by atoms with E-state index in [1.807, 2.05) is 0 Å². The van der Waals surface area contributed by atoms with Gasteiger partial charge in [0.15, 0.2) is 0 Å². The zero-order chi connectivity index (χ0) is 11.0. The molecule has 2 rings (SSSR count). The highest BCUT2D eigenvalue weighted by molar-refractivity contribution is 5.45. The molecule has 0 N–H and O–H groups in total. The Hall–Kier alpha value is -0.780. The van der Waals surface area contributed by atoms with Gasteiger partial charge in [0.2, 0.25) is 0 Å². The van der Waals surface area contributed by atoms with E-state index in [2.05, 4.69) is 39.8 Å². The molecule has 0 fully saturated rings. The van der Waals surface area contributed by atoms with E-state index in [1.165, 1.54) is 30.4 Å². The third kappa shape index (κ3) is 1.95. The van der Waals surface area contributed by atoms with Crippen LogP contribution in [0.15, 0.2) is 12.1 Å². The lowest BCUT2D eigenvalue weighted by Gasteiger charge is -2.17. The molecular formula is C15H22. The van der Waals surface area contributed by atoms with E-state index in [1.54, 1.807) is 11.1 Å². The van der Waals surface area contributed by atoms with Crippen LogP contribution in [-0.4, -0.2) is 0 Å². The molecule has 0 saturated heterocycles. The van der Waals surface area contributed by atoms with E-state index in [4.69, 9.17) is 0 Å². The SMILES string of the molecule is Cc1ccc(C)c2c1CCC2CC(C)C. The van der Waals surface area contributed by atoms with Gasteiger partial charge < -0.3 is 0 Å². The quantitative estimate of drug-likeness (QED) is 0.667.